The molecule has 3 aromatic carbocycles. The molecule has 0 radical (unpaired) electrons. The van der Waals surface area contributed by atoms with Gasteiger partial charge in [-0.05, 0) is 73.9 Å². The number of hydrogen-bond donors (Lipinski definition) is 0. The van der Waals surface area contributed by atoms with Crippen LogP contribution < -0.4 is 9.75 Å². The Kier molecular flexibility index (Phi) is 6.99. The summed E-state index contributed by atoms with van der Waals surface area (Å²) in [5.74, 6) is 1.27. The van der Waals surface area contributed by atoms with Gasteiger partial charge in [0.2, 0.25) is 0 Å². The molecule has 1 aliphatic rings. The monoisotopic (exact) mass is 490 g/mol. The Labute approximate surface area is 217 Å². The number of nitrogens with zero attached hydrogens (tertiary/aromatic N) is 4. The average Bonchev–Trinajstić information content (AvgIpc) is 3.47. The van der Waals surface area contributed by atoms with Gasteiger partial charge in [0.25, 0.3) is 5.91 Å². The van der Waals surface area contributed by atoms with Crippen LogP contribution in [0.3, 0.4) is 0 Å². The van der Waals surface area contributed by atoms with E-state index in [2.05, 4.69) is 18.9 Å². The Morgan fingerprint density at radius 3 is 2.19 bits per heavy atom. The van der Waals surface area contributed by atoms with E-state index < -0.39 is 0 Å². The Morgan fingerprint density at radius 1 is 0.892 bits per heavy atom. The van der Waals surface area contributed by atoms with Crippen LogP contribution in [0.4, 0.5) is 5.69 Å². The van der Waals surface area contributed by atoms with Crippen molar-refractivity contribution in [3.8, 4) is 22.7 Å². The van der Waals surface area contributed by atoms with E-state index >= 15 is 0 Å². The van der Waals surface area contributed by atoms with E-state index in [1.54, 1.807) is 0 Å². The summed E-state index contributed by atoms with van der Waals surface area (Å²) in [6.07, 6.45) is 4.85. The first-order valence-electron chi connectivity index (χ1n) is 12.5. The van der Waals surface area contributed by atoms with E-state index in [4.69, 9.17) is 9.84 Å². The Hall–Kier alpha value is -4.45. The van der Waals surface area contributed by atoms with Crippen molar-refractivity contribution >= 4 is 23.4 Å². The summed E-state index contributed by atoms with van der Waals surface area (Å²) in [4.78, 5) is 13.3. The molecule has 0 saturated heterocycles. The lowest BCUT2D eigenvalue weighted by Crippen LogP contribution is -2.21. The molecule has 6 nitrogen and oxygen atoms in total. The number of ether oxygens (including phenoxy) is 1. The highest BCUT2D eigenvalue weighted by Crippen LogP contribution is 2.30. The zero-order valence-electron chi connectivity index (χ0n) is 21.3. The number of aromatic nitrogens is 2. The molecule has 0 bridgehead atoms. The first kappa shape index (κ1) is 24.3. The third-order valence-corrected chi connectivity index (χ3v) is 6.22. The lowest BCUT2D eigenvalue weighted by atomic mass is 10.0. The summed E-state index contributed by atoms with van der Waals surface area (Å²) in [6, 6.07) is 27.4. The number of hydrogen-bond acceptors (Lipinski definition) is 4. The normalized spacial score (nSPS) is 14.5. The van der Waals surface area contributed by atoms with Crippen LogP contribution >= 0.6 is 0 Å². The molecule has 0 N–H and O–H groups in total. The van der Waals surface area contributed by atoms with E-state index in [-0.39, 0.29) is 5.91 Å². The van der Waals surface area contributed by atoms with E-state index in [0.29, 0.717) is 23.8 Å². The quantitative estimate of drug-likeness (QED) is 0.256. The highest BCUT2D eigenvalue weighted by Gasteiger charge is 2.29. The van der Waals surface area contributed by atoms with Gasteiger partial charge < -0.3 is 4.74 Å². The third kappa shape index (κ3) is 5.38. The summed E-state index contributed by atoms with van der Waals surface area (Å²) < 4.78 is 7.74. The smallest absolute Gasteiger partial charge is 0.280 e. The Morgan fingerprint density at radius 2 is 1.54 bits per heavy atom. The van der Waals surface area contributed by atoms with Gasteiger partial charge in [0, 0.05) is 17.3 Å². The van der Waals surface area contributed by atoms with Crippen molar-refractivity contribution in [2.24, 2.45) is 11.0 Å². The Bertz CT molecular complexity index is 1440. The molecule has 1 aliphatic heterocycles. The first-order chi connectivity index (χ1) is 18.0. The van der Waals surface area contributed by atoms with Gasteiger partial charge in [0.1, 0.15) is 5.75 Å². The maximum Gasteiger partial charge on any atom is 0.280 e. The van der Waals surface area contributed by atoms with Crippen LogP contribution in [0.5, 0.6) is 5.75 Å². The molecule has 1 amide bonds. The van der Waals surface area contributed by atoms with Gasteiger partial charge in [0.05, 0.1) is 35.0 Å². The molecule has 0 aliphatic carbocycles. The van der Waals surface area contributed by atoms with Gasteiger partial charge in [-0.25, -0.2) is 4.68 Å². The van der Waals surface area contributed by atoms with Gasteiger partial charge in [-0.1, -0.05) is 50.2 Å². The SMILES string of the molecule is CC1=NN(c2ccccc2)C(=O)C1=Cc1cn(-c2ccccc2)nc1-c1ccc(OCCC(C)C)cc1. The molecule has 37 heavy (non-hydrogen) atoms. The summed E-state index contributed by atoms with van der Waals surface area (Å²) in [7, 11) is 0. The van der Waals surface area contributed by atoms with Gasteiger partial charge in [-0.15, -0.1) is 0 Å². The molecular weight excluding hydrogens is 460 g/mol. The topological polar surface area (TPSA) is 59.7 Å². The molecule has 2 heterocycles. The minimum absolute atomic E-state index is 0.156. The average molecular weight is 491 g/mol. The number of anilines is 1. The molecule has 0 fully saturated rings. The van der Waals surface area contributed by atoms with E-state index in [1.165, 1.54) is 5.01 Å². The largest absolute Gasteiger partial charge is 0.494 e. The van der Waals surface area contributed by atoms with E-state index in [0.717, 1.165) is 40.4 Å². The van der Waals surface area contributed by atoms with Crippen LogP contribution in [-0.4, -0.2) is 28.0 Å². The number of carbonyl (C=O) groups is 1. The molecule has 186 valence electrons. The maximum atomic E-state index is 13.3. The van der Waals surface area contributed by atoms with E-state index in [9.17, 15) is 4.79 Å². The fourth-order valence-electron chi connectivity index (χ4n) is 4.14. The molecular formula is C31H30N4O2. The number of para-hydroxylation sites is 2. The van der Waals surface area contributed by atoms with E-state index in [1.807, 2.05) is 109 Å². The number of amides is 1. The lowest BCUT2D eigenvalue weighted by molar-refractivity contribution is -0.114. The summed E-state index contributed by atoms with van der Waals surface area (Å²) in [5.41, 5.74) is 5.46. The second-order valence-electron chi connectivity index (χ2n) is 9.46. The van der Waals surface area contributed by atoms with Crippen molar-refractivity contribution < 1.29 is 9.53 Å². The molecule has 6 heteroatoms. The third-order valence-electron chi connectivity index (χ3n) is 6.22. The molecule has 5 rings (SSSR count). The minimum Gasteiger partial charge on any atom is -0.494 e. The van der Waals surface area contributed by atoms with Gasteiger partial charge in [-0.3, -0.25) is 4.79 Å². The van der Waals surface area contributed by atoms with Crippen LogP contribution in [0.1, 0.15) is 32.8 Å². The molecule has 0 atom stereocenters. The minimum atomic E-state index is -0.156. The second-order valence-corrected chi connectivity index (χ2v) is 9.46. The molecule has 0 spiro atoms. The summed E-state index contributed by atoms with van der Waals surface area (Å²) in [5, 5.41) is 10.9. The van der Waals surface area contributed by atoms with Crippen molar-refractivity contribution in [2.45, 2.75) is 27.2 Å². The molecule has 4 aromatic rings. The standard InChI is InChI=1S/C31H30N4O2/c1-22(2)18-19-37-28-16-14-24(15-17-28)30-25(21-34(33-30)26-10-6-4-7-11-26)20-29-23(3)32-35(31(29)36)27-12-8-5-9-13-27/h4-17,20-22H,18-19H2,1-3H3. The summed E-state index contributed by atoms with van der Waals surface area (Å²) >= 11 is 0. The Balaban J connectivity index is 1.50. The van der Waals surface area contributed by atoms with Gasteiger partial charge >= 0.3 is 0 Å². The van der Waals surface area contributed by atoms with Crippen LogP contribution in [0.25, 0.3) is 23.0 Å². The zero-order chi connectivity index (χ0) is 25.8. The van der Waals surface area contributed by atoms with Crippen LogP contribution in [0.2, 0.25) is 0 Å². The molecule has 0 saturated carbocycles. The zero-order valence-corrected chi connectivity index (χ0v) is 21.3. The van der Waals surface area contributed by atoms with Crippen molar-refractivity contribution in [3.05, 3.63) is 102 Å². The first-order valence-corrected chi connectivity index (χ1v) is 12.5. The molecule has 0 unspecified atom stereocenters. The highest BCUT2D eigenvalue weighted by molar-refractivity contribution is 6.32. The summed E-state index contributed by atoms with van der Waals surface area (Å²) in [6.45, 7) is 6.92. The highest BCUT2D eigenvalue weighted by atomic mass is 16.5. The van der Waals surface area contributed by atoms with Crippen molar-refractivity contribution in [1.82, 2.24) is 9.78 Å². The van der Waals surface area contributed by atoms with Crippen molar-refractivity contribution in [3.63, 3.8) is 0 Å². The van der Waals surface area contributed by atoms with Gasteiger partial charge in [-0.2, -0.15) is 15.2 Å². The fourth-order valence-corrected chi connectivity index (χ4v) is 4.14. The van der Waals surface area contributed by atoms with Gasteiger partial charge in [0.15, 0.2) is 0 Å². The number of benzene rings is 3. The van der Waals surface area contributed by atoms with Crippen LogP contribution in [-0.2, 0) is 4.79 Å². The molecule has 1 aromatic heterocycles. The number of carbonyl (C=O) groups excluding carboxylic acids is 1. The van der Waals surface area contributed by atoms with Crippen molar-refractivity contribution in [1.29, 1.82) is 0 Å². The number of rotatable bonds is 8. The fraction of sp³-hybridized carbons (Fsp3) is 0.194. The number of hydrazone groups is 1. The van der Waals surface area contributed by atoms with Crippen LogP contribution in [0, 0.1) is 5.92 Å². The maximum absolute atomic E-state index is 13.3. The predicted molar refractivity (Wildman–Crippen MR) is 149 cm³/mol. The van der Waals surface area contributed by atoms with Crippen molar-refractivity contribution in [2.75, 3.05) is 11.6 Å². The lowest BCUT2D eigenvalue weighted by Gasteiger charge is -2.11. The van der Waals surface area contributed by atoms with Crippen LogP contribution in [0.15, 0.2) is 102 Å². The predicted octanol–water partition coefficient (Wildman–Crippen LogP) is 6.77. The second kappa shape index (κ2) is 10.7.